The number of nitrogens with zero attached hydrogens (tertiary/aromatic N) is 1. The number of H-pyrrole nitrogens is 1. The molecule has 5 atom stereocenters. The van der Waals surface area contributed by atoms with Crippen molar-refractivity contribution in [2.45, 2.75) is 49.4 Å². The van der Waals surface area contributed by atoms with Crippen LogP contribution in [0.2, 0.25) is 0 Å². The van der Waals surface area contributed by atoms with Gasteiger partial charge in [0, 0.05) is 25.4 Å². The van der Waals surface area contributed by atoms with Gasteiger partial charge >= 0.3 is 5.69 Å². The fourth-order valence-electron chi connectivity index (χ4n) is 3.33. The third kappa shape index (κ3) is 2.64. The molecule has 0 bridgehead atoms. The largest absolute Gasteiger partial charge is 0.387 e. The third-order valence-electron chi connectivity index (χ3n) is 4.56. The summed E-state index contributed by atoms with van der Waals surface area (Å²) in [5, 5.41) is 21.7. The van der Waals surface area contributed by atoms with Crippen molar-refractivity contribution in [3.05, 3.63) is 33.1 Å². The Balaban J connectivity index is 2.04. The van der Waals surface area contributed by atoms with Crippen LogP contribution >= 0.6 is 0 Å². The number of nitrogens with two attached hydrogens (primary N) is 1. The molecule has 0 amide bonds. The van der Waals surface area contributed by atoms with Gasteiger partial charge in [-0.05, 0) is 19.3 Å². The summed E-state index contributed by atoms with van der Waals surface area (Å²) in [4.78, 5) is 25.4. The summed E-state index contributed by atoms with van der Waals surface area (Å²) in [6.07, 6.45) is -0.569. The van der Waals surface area contributed by atoms with Gasteiger partial charge in [-0.3, -0.25) is 14.3 Å². The quantitative estimate of drug-likeness (QED) is 0.506. The van der Waals surface area contributed by atoms with Crippen LogP contribution in [-0.4, -0.2) is 56.8 Å². The van der Waals surface area contributed by atoms with Crippen molar-refractivity contribution < 1.29 is 19.7 Å². The van der Waals surface area contributed by atoms with Crippen molar-refractivity contribution >= 4 is 0 Å². The lowest BCUT2D eigenvalue weighted by molar-refractivity contribution is -0.198. The highest BCUT2D eigenvalue weighted by atomic mass is 16.6. The highest BCUT2D eigenvalue weighted by Crippen LogP contribution is 2.43. The lowest BCUT2D eigenvalue weighted by Crippen LogP contribution is -2.58. The van der Waals surface area contributed by atoms with E-state index in [9.17, 15) is 19.8 Å². The Morgan fingerprint density at radius 3 is 2.83 bits per heavy atom. The molecule has 2 aliphatic heterocycles. The van der Waals surface area contributed by atoms with Crippen molar-refractivity contribution in [3.63, 3.8) is 0 Å². The van der Waals surface area contributed by atoms with Gasteiger partial charge < -0.3 is 25.4 Å². The van der Waals surface area contributed by atoms with Gasteiger partial charge in [-0.1, -0.05) is 0 Å². The van der Waals surface area contributed by atoms with Gasteiger partial charge in [-0.2, -0.15) is 0 Å². The molecule has 3 rings (SSSR count). The Labute approximate surface area is 131 Å². The predicted octanol–water partition coefficient (Wildman–Crippen LogP) is -1.95. The molecule has 2 saturated heterocycles. The highest BCUT2D eigenvalue weighted by Gasteiger charge is 2.60. The predicted molar refractivity (Wildman–Crippen MR) is 78.8 cm³/mol. The van der Waals surface area contributed by atoms with Crippen molar-refractivity contribution in [1.29, 1.82) is 0 Å². The Morgan fingerprint density at radius 1 is 1.43 bits per heavy atom. The van der Waals surface area contributed by atoms with E-state index in [1.165, 1.54) is 6.20 Å². The Bertz CT molecular complexity index is 667. The number of rotatable bonds is 3. The number of ether oxygens (including phenoxy) is 2. The first-order chi connectivity index (χ1) is 11.0. The molecule has 2 aliphatic rings. The maximum Gasteiger partial charge on any atom is 0.330 e. The second-order valence-electron chi connectivity index (χ2n) is 5.97. The third-order valence-corrected chi connectivity index (χ3v) is 4.56. The molecule has 9 heteroatoms. The minimum atomic E-state index is -1.83. The molecular weight excluding hydrogens is 306 g/mol. The minimum Gasteiger partial charge on any atom is -0.387 e. The van der Waals surface area contributed by atoms with E-state index in [2.05, 4.69) is 4.98 Å². The molecule has 9 nitrogen and oxygen atoms in total. The van der Waals surface area contributed by atoms with Crippen molar-refractivity contribution in [3.8, 4) is 0 Å². The molecule has 128 valence electrons. The van der Waals surface area contributed by atoms with E-state index in [-0.39, 0.29) is 6.54 Å². The molecule has 5 N–H and O–H groups in total. The average Bonchev–Trinajstić information content (AvgIpc) is 2.81. The Hall–Kier alpha value is -1.52. The first-order valence-electron chi connectivity index (χ1n) is 7.67. The summed E-state index contributed by atoms with van der Waals surface area (Å²) in [7, 11) is 0. The SMILES string of the molecule is NC[C@H]1O[C@@H](n2ccc(=O)[nH]c2=O)[C@@](O)(C2CCCCO2)[C@@H]1O. The van der Waals surface area contributed by atoms with Gasteiger partial charge in [0.2, 0.25) is 0 Å². The Kier molecular flexibility index (Phi) is 4.39. The number of hydrogen-bond acceptors (Lipinski definition) is 7. The van der Waals surface area contributed by atoms with E-state index < -0.39 is 41.4 Å². The van der Waals surface area contributed by atoms with Crippen molar-refractivity contribution in [1.82, 2.24) is 9.55 Å². The molecule has 0 radical (unpaired) electrons. The normalized spacial score (nSPS) is 37.9. The van der Waals surface area contributed by atoms with E-state index in [4.69, 9.17) is 15.2 Å². The fraction of sp³-hybridized carbons (Fsp3) is 0.714. The van der Waals surface area contributed by atoms with Gasteiger partial charge in [-0.15, -0.1) is 0 Å². The molecule has 23 heavy (non-hydrogen) atoms. The van der Waals surface area contributed by atoms with Gasteiger partial charge in [-0.25, -0.2) is 4.79 Å². The lowest BCUT2D eigenvalue weighted by atomic mass is 9.84. The summed E-state index contributed by atoms with van der Waals surface area (Å²) in [5.74, 6) is 0. The number of aliphatic hydroxyl groups excluding tert-OH is 1. The van der Waals surface area contributed by atoms with E-state index >= 15 is 0 Å². The van der Waals surface area contributed by atoms with Crippen LogP contribution in [0.5, 0.6) is 0 Å². The van der Waals surface area contributed by atoms with Crippen LogP contribution in [0.25, 0.3) is 0 Å². The number of hydrogen-bond donors (Lipinski definition) is 4. The zero-order valence-corrected chi connectivity index (χ0v) is 12.6. The van der Waals surface area contributed by atoms with Gasteiger partial charge in [0.15, 0.2) is 11.8 Å². The first-order valence-corrected chi connectivity index (χ1v) is 7.67. The van der Waals surface area contributed by atoms with E-state index in [1.807, 2.05) is 0 Å². The summed E-state index contributed by atoms with van der Waals surface area (Å²) >= 11 is 0. The molecule has 0 spiro atoms. The van der Waals surface area contributed by atoms with Gasteiger partial charge in [0.1, 0.15) is 12.2 Å². The molecule has 0 aromatic carbocycles. The maximum absolute atomic E-state index is 12.1. The monoisotopic (exact) mass is 327 g/mol. The summed E-state index contributed by atoms with van der Waals surface area (Å²) in [5.41, 5.74) is 2.48. The zero-order valence-electron chi connectivity index (χ0n) is 12.6. The van der Waals surface area contributed by atoms with Crippen LogP contribution < -0.4 is 17.0 Å². The topological polar surface area (TPSA) is 140 Å². The number of nitrogens with one attached hydrogen (secondary N) is 1. The maximum atomic E-state index is 12.1. The smallest absolute Gasteiger partial charge is 0.330 e. The number of aliphatic hydroxyl groups is 2. The van der Waals surface area contributed by atoms with Crippen LogP contribution in [0.15, 0.2) is 21.9 Å². The Morgan fingerprint density at radius 2 is 2.22 bits per heavy atom. The molecule has 0 saturated carbocycles. The number of aromatic amines is 1. The average molecular weight is 327 g/mol. The van der Waals surface area contributed by atoms with Crippen LogP contribution in [0, 0.1) is 0 Å². The molecule has 2 fully saturated rings. The zero-order chi connectivity index (χ0) is 16.6. The molecule has 1 aromatic rings. The second kappa shape index (κ2) is 6.17. The lowest BCUT2D eigenvalue weighted by Gasteiger charge is -2.40. The first kappa shape index (κ1) is 16.3. The standard InChI is InChI=1S/C14H21N3O6/c15-7-8-11(19)14(21,9-3-1-2-6-22-9)12(23-8)17-5-4-10(18)16-13(17)20/h4-5,8-9,11-12,19,21H,1-3,6-7,15H2,(H,16,18,20)/t8-,9?,11-,12-,14-/m1/s1. The minimum absolute atomic E-state index is 0.0230. The highest BCUT2D eigenvalue weighted by molar-refractivity contribution is 5.08. The summed E-state index contributed by atoms with van der Waals surface area (Å²) in [6.45, 7) is 0.436. The molecule has 0 aliphatic carbocycles. The van der Waals surface area contributed by atoms with Gasteiger partial charge in [0.05, 0.1) is 6.10 Å². The van der Waals surface area contributed by atoms with Crippen LogP contribution in [-0.2, 0) is 9.47 Å². The van der Waals surface area contributed by atoms with Crippen LogP contribution in [0.3, 0.4) is 0 Å². The summed E-state index contributed by atoms with van der Waals surface area (Å²) in [6, 6.07) is 1.15. The van der Waals surface area contributed by atoms with Gasteiger partial charge in [0.25, 0.3) is 5.56 Å². The fourth-order valence-corrected chi connectivity index (χ4v) is 3.33. The van der Waals surface area contributed by atoms with E-state index in [0.29, 0.717) is 13.0 Å². The van der Waals surface area contributed by atoms with Crippen molar-refractivity contribution in [2.24, 2.45) is 5.73 Å². The second-order valence-corrected chi connectivity index (χ2v) is 5.97. The van der Waals surface area contributed by atoms with E-state index in [1.54, 1.807) is 0 Å². The molecular formula is C14H21N3O6. The number of aromatic nitrogens is 2. The van der Waals surface area contributed by atoms with Crippen LogP contribution in [0.4, 0.5) is 0 Å². The summed E-state index contributed by atoms with van der Waals surface area (Å²) < 4.78 is 12.3. The van der Waals surface area contributed by atoms with Crippen LogP contribution in [0.1, 0.15) is 25.5 Å². The molecule has 1 unspecified atom stereocenters. The van der Waals surface area contributed by atoms with Crippen molar-refractivity contribution in [2.75, 3.05) is 13.2 Å². The molecule has 3 heterocycles. The molecule has 1 aromatic heterocycles. The van der Waals surface area contributed by atoms with E-state index in [0.717, 1.165) is 23.5 Å².